The highest BCUT2D eigenvalue weighted by atomic mass is 19.4. The molecule has 1 spiro atoms. The number of nitrogens with zero attached hydrogens (tertiary/aromatic N) is 7. The van der Waals surface area contributed by atoms with Crippen molar-refractivity contribution in [1.82, 2.24) is 24.7 Å². The van der Waals surface area contributed by atoms with Crippen molar-refractivity contribution in [1.29, 1.82) is 0 Å². The average Bonchev–Trinajstić information content (AvgIpc) is 3.36. The first-order valence-electron chi connectivity index (χ1n) is 10.3. The lowest BCUT2D eigenvalue weighted by molar-refractivity contribution is -0.141. The van der Waals surface area contributed by atoms with Crippen LogP contribution in [0.15, 0.2) is 31.2 Å². The van der Waals surface area contributed by atoms with Gasteiger partial charge in [0.2, 0.25) is 0 Å². The molecule has 0 aromatic carbocycles. The highest BCUT2D eigenvalue weighted by Gasteiger charge is 2.49. The Bertz CT molecular complexity index is 1200. The van der Waals surface area contributed by atoms with Gasteiger partial charge in [0, 0.05) is 49.0 Å². The number of anilines is 2. The molecule has 0 N–H and O–H groups in total. The molecule has 3 aromatic rings. The van der Waals surface area contributed by atoms with E-state index < -0.39 is 24.8 Å². The van der Waals surface area contributed by atoms with Gasteiger partial charge < -0.3 is 9.80 Å². The summed E-state index contributed by atoms with van der Waals surface area (Å²) in [4.78, 5) is 16.3. The summed E-state index contributed by atoms with van der Waals surface area (Å²) in [5, 5.41) is 3.94. The lowest BCUT2D eigenvalue weighted by Crippen LogP contribution is -2.58. The minimum Gasteiger partial charge on any atom is -0.370 e. The predicted molar refractivity (Wildman–Crippen MR) is 112 cm³/mol. The summed E-state index contributed by atoms with van der Waals surface area (Å²) in [7, 11) is 0. The van der Waals surface area contributed by atoms with E-state index in [2.05, 4.69) is 26.6 Å². The smallest absolute Gasteiger partial charge is 0.370 e. The second kappa shape index (κ2) is 7.63. The minimum absolute atomic E-state index is 0.0973. The van der Waals surface area contributed by atoms with Crippen LogP contribution in [-0.2, 0) is 12.7 Å². The Labute approximate surface area is 185 Å². The molecule has 5 rings (SSSR count). The van der Waals surface area contributed by atoms with Crippen LogP contribution in [0.2, 0.25) is 0 Å². The quantitative estimate of drug-likeness (QED) is 0.534. The number of hydrogen-bond donors (Lipinski definition) is 0. The highest BCUT2D eigenvalue weighted by Crippen LogP contribution is 2.44. The van der Waals surface area contributed by atoms with E-state index in [1.165, 1.54) is 18.5 Å². The van der Waals surface area contributed by atoms with Crippen molar-refractivity contribution in [2.24, 2.45) is 5.41 Å². The molecule has 7 nitrogen and oxygen atoms in total. The lowest BCUT2D eigenvalue weighted by Gasteiger charge is -2.50. The van der Waals surface area contributed by atoms with Gasteiger partial charge >= 0.3 is 6.18 Å². The van der Waals surface area contributed by atoms with Crippen molar-refractivity contribution >= 4 is 28.7 Å². The minimum atomic E-state index is -4.52. The number of pyridine rings is 1. The molecule has 2 fully saturated rings. The second-order valence-electron chi connectivity index (χ2n) is 8.51. The molecule has 33 heavy (non-hydrogen) atoms. The van der Waals surface area contributed by atoms with Crippen molar-refractivity contribution in [2.75, 3.05) is 36.0 Å². The summed E-state index contributed by atoms with van der Waals surface area (Å²) < 4.78 is 66.2. The maximum Gasteiger partial charge on any atom is 0.433 e. The molecule has 5 heterocycles. The van der Waals surface area contributed by atoms with E-state index in [1.807, 2.05) is 9.80 Å². The van der Waals surface area contributed by atoms with Gasteiger partial charge in [0.25, 0.3) is 6.43 Å². The van der Waals surface area contributed by atoms with Crippen LogP contribution in [0.4, 0.5) is 33.5 Å². The molecule has 3 aromatic heterocycles. The van der Waals surface area contributed by atoms with Gasteiger partial charge in [0.15, 0.2) is 5.65 Å². The maximum absolute atomic E-state index is 13.1. The summed E-state index contributed by atoms with van der Waals surface area (Å²) in [5.74, 6) is 0.573. The number of alkyl halides is 5. The number of hydrogen-bond acceptors (Lipinski definition) is 6. The third-order valence-electron chi connectivity index (χ3n) is 6.22. The monoisotopic (exact) mass is 465 g/mol. The van der Waals surface area contributed by atoms with Crippen LogP contribution in [-0.4, -0.2) is 57.3 Å². The van der Waals surface area contributed by atoms with E-state index in [9.17, 15) is 22.0 Å². The van der Waals surface area contributed by atoms with Crippen LogP contribution in [0.1, 0.15) is 17.7 Å². The van der Waals surface area contributed by atoms with E-state index in [0.717, 1.165) is 17.2 Å². The van der Waals surface area contributed by atoms with Crippen LogP contribution in [0.5, 0.6) is 0 Å². The van der Waals surface area contributed by atoms with Gasteiger partial charge in [0.1, 0.15) is 23.6 Å². The Hall–Kier alpha value is -3.31. The van der Waals surface area contributed by atoms with Crippen LogP contribution < -0.4 is 9.80 Å². The topological polar surface area (TPSA) is 63.0 Å². The fourth-order valence-electron chi connectivity index (χ4n) is 4.62. The molecule has 0 atom stereocenters. The Morgan fingerprint density at radius 3 is 2.55 bits per heavy atom. The molecule has 0 bridgehead atoms. The van der Waals surface area contributed by atoms with Crippen molar-refractivity contribution in [3.63, 3.8) is 0 Å². The van der Waals surface area contributed by atoms with E-state index in [-0.39, 0.29) is 5.41 Å². The second-order valence-corrected chi connectivity index (χ2v) is 8.51. The van der Waals surface area contributed by atoms with E-state index in [0.29, 0.717) is 54.4 Å². The van der Waals surface area contributed by atoms with Crippen molar-refractivity contribution in [3.8, 4) is 0 Å². The van der Waals surface area contributed by atoms with Crippen LogP contribution in [0.3, 0.4) is 0 Å². The fourth-order valence-corrected chi connectivity index (χ4v) is 4.62. The third-order valence-corrected chi connectivity index (χ3v) is 6.22. The zero-order valence-corrected chi connectivity index (χ0v) is 17.4. The number of halogens is 5. The molecule has 2 aliphatic heterocycles. The first-order chi connectivity index (χ1) is 15.7. The van der Waals surface area contributed by atoms with Gasteiger partial charge in [-0.25, -0.2) is 23.4 Å². The zero-order chi connectivity index (χ0) is 23.4. The van der Waals surface area contributed by atoms with Gasteiger partial charge in [0.05, 0.1) is 12.4 Å². The van der Waals surface area contributed by atoms with Crippen LogP contribution in [0, 0.1) is 5.41 Å². The summed E-state index contributed by atoms with van der Waals surface area (Å²) >= 11 is 0. The summed E-state index contributed by atoms with van der Waals surface area (Å²) in [5.41, 5.74) is 0.736. The van der Waals surface area contributed by atoms with Crippen molar-refractivity contribution < 1.29 is 22.0 Å². The Morgan fingerprint density at radius 2 is 1.85 bits per heavy atom. The van der Waals surface area contributed by atoms with Crippen LogP contribution >= 0.6 is 0 Å². The normalized spacial score (nSPS) is 17.9. The number of fused-ring (bicyclic) bond motifs is 1. The van der Waals surface area contributed by atoms with E-state index >= 15 is 0 Å². The molecular weight excluding hydrogens is 445 g/mol. The summed E-state index contributed by atoms with van der Waals surface area (Å²) in [6.07, 6.45) is -0.534. The van der Waals surface area contributed by atoms with Gasteiger partial charge in [-0.2, -0.15) is 18.3 Å². The Kier molecular flexibility index (Phi) is 4.98. The first-order valence-corrected chi connectivity index (χ1v) is 10.3. The Morgan fingerprint density at radius 1 is 1.09 bits per heavy atom. The van der Waals surface area contributed by atoms with Gasteiger partial charge in [-0.3, -0.25) is 4.98 Å². The van der Waals surface area contributed by atoms with Gasteiger partial charge in [-0.1, -0.05) is 12.7 Å². The zero-order valence-electron chi connectivity index (χ0n) is 17.4. The van der Waals surface area contributed by atoms with Gasteiger partial charge in [-0.05, 0) is 12.5 Å². The molecule has 174 valence electrons. The summed E-state index contributed by atoms with van der Waals surface area (Å²) in [6, 6.07) is 1.07. The molecule has 2 aliphatic rings. The fraction of sp³-hybridized carbons (Fsp3) is 0.429. The summed E-state index contributed by atoms with van der Waals surface area (Å²) in [6.45, 7) is 5.64. The van der Waals surface area contributed by atoms with E-state index in [1.54, 1.807) is 6.20 Å². The highest BCUT2D eigenvalue weighted by molar-refractivity contribution is 5.71. The molecule has 0 amide bonds. The van der Waals surface area contributed by atoms with Gasteiger partial charge in [-0.15, -0.1) is 0 Å². The molecule has 0 unspecified atom stereocenters. The first kappa shape index (κ1) is 21.5. The molecule has 0 saturated carbocycles. The third kappa shape index (κ3) is 3.87. The molecule has 12 heteroatoms. The molecule has 2 saturated heterocycles. The Balaban J connectivity index is 1.33. The lowest BCUT2D eigenvalue weighted by atomic mass is 9.78. The predicted octanol–water partition coefficient (Wildman–Crippen LogP) is 3.86. The molecular formula is C21H20F5N7. The maximum atomic E-state index is 13.1. The SMILES string of the molecule is C=Cc1cnc(C(F)(F)F)cc1N1CC2(CCN(c3cnc4cnn(CC(F)F)c4n3)C2)C1. The van der Waals surface area contributed by atoms with Crippen LogP contribution in [0.25, 0.3) is 17.2 Å². The molecule has 0 aliphatic carbocycles. The van der Waals surface area contributed by atoms with E-state index in [4.69, 9.17) is 0 Å². The number of rotatable bonds is 5. The standard InChI is InChI=1S/C21H20F5N7/c1-2-13-6-28-16(21(24,25)26)5-15(13)32-11-20(12-32)3-4-31(10-20)18-8-27-14-7-29-33(9-17(22)23)19(14)30-18/h2,5-8,17H,1,3-4,9-12H2. The average molecular weight is 465 g/mol. The largest absolute Gasteiger partial charge is 0.433 e. The number of aromatic nitrogens is 5. The van der Waals surface area contributed by atoms with Crippen molar-refractivity contribution in [2.45, 2.75) is 25.6 Å². The molecule has 0 radical (unpaired) electrons. The van der Waals surface area contributed by atoms with Crippen molar-refractivity contribution in [3.05, 3.63) is 42.5 Å².